The van der Waals surface area contributed by atoms with Gasteiger partial charge in [0.1, 0.15) is 4.21 Å². The minimum absolute atomic E-state index is 0.0797. The van der Waals surface area contributed by atoms with Crippen LogP contribution in [0.25, 0.3) is 0 Å². The van der Waals surface area contributed by atoms with E-state index in [4.69, 9.17) is 16.3 Å². The monoisotopic (exact) mass is 295 g/mol. The zero-order valence-electron chi connectivity index (χ0n) is 9.59. The lowest BCUT2D eigenvalue weighted by Gasteiger charge is -2.34. The molecule has 0 N–H and O–H groups in total. The zero-order valence-corrected chi connectivity index (χ0v) is 12.0. The molecule has 0 saturated carbocycles. The average molecular weight is 296 g/mol. The fourth-order valence-corrected chi connectivity index (χ4v) is 5.12. The van der Waals surface area contributed by atoms with Crippen molar-refractivity contribution in [1.29, 1.82) is 0 Å². The van der Waals surface area contributed by atoms with Crippen molar-refractivity contribution in [2.45, 2.75) is 30.3 Å². The molecule has 0 radical (unpaired) electrons. The highest BCUT2D eigenvalue weighted by Gasteiger charge is 2.32. The first-order valence-corrected chi connectivity index (χ1v) is 7.94. The topological polar surface area (TPSA) is 46.6 Å². The Kier molecular flexibility index (Phi) is 3.80. The third-order valence-corrected chi connectivity index (χ3v) is 6.06. The largest absolute Gasteiger partial charge is 0.373 e. The van der Waals surface area contributed by atoms with Gasteiger partial charge in [0.05, 0.1) is 16.5 Å². The molecule has 0 aliphatic carbocycles. The second kappa shape index (κ2) is 4.85. The van der Waals surface area contributed by atoms with Crippen LogP contribution in [-0.4, -0.2) is 38.0 Å². The standard InChI is InChI=1S/C10H14ClNO3S2/c1-7-5-12(6-8(2)15-7)17(13,14)10-4-3-9(11)16-10/h3-4,7-8H,5-6H2,1-2H3. The molecular formula is C10H14ClNO3S2. The molecule has 1 aromatic rings. The molecule has 0 spiro atoms. The predicted molar refractivity (Wildman–Crippen MR) is 68.1 cm³/mol. The number of hydrogen-bond acceptors (Lipinski definition) is 4. The molecule has 1 saturated heterocycles. The van der Waals surface area contributed by atoms with Crippen molar-refractivity contribution in [2.24, 2.45) is 0 Å². The summed E-state index contributed by atoms with van der Waals surface area (Å²) in [7, 11) is -3.42. The van der Waals surface area contributed by atoms with Gasteiger partial charge >= 0.3 is 0 Å². The molecule has 2 atom stereocenters. The van der Waals surface area contributed by atoms with Crippen LogP contribution in [0.4, 0.5) is 0 Å². The Morgan fingerprint density at radius 2 is 1.94 bits per heavy atom. The molecule has 2 unspecified atom stereocenters. The molecule has 1 aliphatic rings. The lowest BCUT2D eigenvalue weighted by Crippen LogP contribution is -2.47. The summed E-state index contributed by atoms with van der Waals surface area (Å²) in [6.07, 6.45) is -0.159. The van der Waals surface area contributed by atoms with Gasteiger partial charge in [-0.2, -0.15) is 4.31 Å². The van der Waals surface area contributed by atoms with Gasteiger partial charge in [0.15, 0.2) is 0 Å². The van der Waals surface area contributed by atoms with Gasteiger partial charge in [-0.15, -0.1) is 11.3 Å². The molecule has 0 bridgehead atoms. The van der Waals surface area contributed by atoms with Crippen LogP contribution in [0.3, 0.4) is 0 Å². The fourth-order valence-electron chi connectivity index (χ4n) is 1.89. The van der Waals surface area contributed by atoms with Crippen LogP contribution in [0.1, 0.15) is 13.8 Å². The van der Waals surface area contributed by atoms with Crippen molar-refractivity contribution in [2.75, 3.05) is 13.1 Å². The van der Waals surface area contributed by atoms with Crippen molar-refractivity contribution < 1.29 is 13.2 Å². The summed E-state index contributed by atoms with van der Waals surface area (Å²) in [5.74, 6) is 0. The third kappa shape index (κ3) is 2.82. The third-order valence-electron chi connectivity index (χ3n) is 2.53. The number of ether oxygens (including phenoxy) is 1. The fraction of sp³-hybridized carbons (Fsp3) is 0.600. The SMILES string of the molecule is CC1CN(S(=O)(=O)c2ccc(Cl)s2)CC(C)O1. The maximum Gasteiger partial charge on any atom is 0.252 e. The van der Waals surface area contributed by atoms with Crippen LogP contribution in [-0.2, 0) is 14.8 Å². The van der Waals surface area contributed by atoms with E-state index in [2.05, 4.69) is 0 Å². The summed E-state index contributed by atoms with van der Waals surface area (Å²) < 4.78 is 32.4. The maximum absolute atomic E-state index is 12.3. The maximum atomic E-state index is 12.3. The van der Waals surface area contributed by atoms with E-state index >= 15 is 0 Å². The first-order chi connectivity index (χ1) is 7.89. The average Bonchev–Trinajstić information content (AvgIpc) is 2.64. The minimum Gasteiger partial charge on any atom is -0.373 e. The van der Waals surface area contributed by atoms with E-state index in [1.54, 1.807) is 12.1 Å². The summed E-state index contributed by atoms with van der Waals surface area (Å²) in [4.78, 5) is 0. The molecule has 2 rings (SSSR count). The normalized spacial score (nSPS) is 27.2. The molecule has 1 fully saturated rings. The molecule has 0 amide bonds. The summed E-state index contributed by atoms with van der Waals surface area (Å²) in [6.45, 7) is 4.53. The van der Waals surface area contributed by atoms with E-state index in [9.17, 15) is 8.42 Å². The molecule has 1 aliphatic heterocycles. The first-order valence-electron chi connectivity index (χ1n) is 5.30. The van der Waals surface area contributed by atoms with Crippen LogP contribution in [0, 0.1) is 0 Å². The van der Waals surface area contributed by atoms with Crippen LogP contribution in [0.15, 0.2) is 16.3 Å². The Bertz CT molecular complexity index is 489. The van der Waals surface area contributed by atoms with Crippen molar-refractivity contribution in [3.63, 3.8) is 0 Å². The van der Waals surface area contributed by atoms with Gasteiger partial charge in [-0.05, 0) is 26.0 Å². The molecule has 2 heterocycles. The highest BCUT2D eigenvalue weighted by atomic mass is 35.5. The summed E-state index contributed by atoms with van der Waals surface area (Å²) in [6, 6.07) is 3.15. The van der Waals surface area contributed by atoms with Crippen LogP contribution in [0.2, 0.25) is 4.34 Å². The summed E-state index contributed by atoms with van der Waals surface area (Å²) in [5, 5.41) is 0. The number of thiophene rings is 1. The Morgan fingerprint density at radius 1 is 1.35 bits per heavy atom. The molecular weight excluding hydrogens is 282 g/mol. The van der Waals surface area contributed by atoms with E-state index in [-0.39, 0.29) is 12.2 Å². The minimum atomic E-state index is -3.42. The summed E-state index contributed by atoms with van der Waals surface area (Å²) >= 11 is 6.86. The van der Waals surface area contributed by atoms with Gasteiger partial charge in [-0.3, -0.25) is 0 Å². The van der Waals surface area contributed by atoms with Crippen molar-refractivity contribution >= 4 is 33.0 Å². The lowest BCUT2D eigenvalue weighted by molar-refractivity contribution is -0.0440. The molecule has 4 nitrogen and oxygen atoms in total. The number of sulfonamides is 1. The molecule has 17 heavy (non-hydrogen) atoms. The quantitative estimate of drug-likeness (QED) is 0.840. The molecule has 0 aromatic carbocycles. The molecule has 96 valence electrons. The number of rotatable bonds is 2. The van der Waals surface area contributed by atoms with Crippen molar-refractivity contribution in [3.05, 3.63) is 16.5 Å². The molecule has 1 aromatic heterocycles. The first kappa shape index (κ1) is 13.3. The van der Waals surface area contributed by atoms with E-state index in [0.29, 0.717) is 21.6 Å². The highest BCUT2D eigenvalue weighted by molar-refractivity contribution is 7.91. The van der Waals surface area contributed by atoms with Crippen molar-refractivity contribution in [1.82, 2.24) is 4.31 Å². The van der Waals surface area contributed by atoms with Crippen LogP contribution < -0.4 is 0 Å². The van der Waals surface area contributed by atoms with E-state index in [1.807, 2.05) is 13.8 Å². The smallest absolute Gasteiger partial charge is 0.252 e. The Hall–Kier alpha value is -0.140. The van der Waals surface area contributed by atoms with Gasteiger partial charge in [-0.25, -0.2) is 8.42 Å². The van der Waals surface area contributed by atoms with E-state index in [1.165, 1.54) is 4.31 Å². The van der Waals surface area contributed by atoms with Crippen LogP contribution in [0.5, 0.6) is 0 Å². The number of hydrogen-bond donors (Lipinski definition) is 0. The Balaban J connectivity index is 2.26. The van der Waals surface area contributed by atoms with Crippen LogP contribution >= 0.6 is 22.9 Å². The molecule has 7 heteroatoms. The predicted octanol–water partition coefficient (Wildman–Crippen LogP) is 2.20. The lowest BCUT2D eigenvalue weighted by atomic mass is 10.3. The van der Waals surface area contributed by atoms with Gasteiger partial charge < -0.3 is 4.74 Å². The second-order valence-electron chi connectivity index (χ2n) is 4.14. The highest BCUT2D eigenvalue weighted by Crippen LogP contribution is 2.29. The Labute approximate surface area is 110 Å². The number of morpholine rings is 1. The van der Waals surface area contributed by atoms with Gasteiger partial charge in [0.2, 0.25) is 0 Å². The van der Waals surface area contributed by atoms with Gasteiger partial charge in [-0.1, -0.05) is 11.6 Å². The van der Waals surface area contributed by atoms with Gasteiger partial charge in [0, 0.05) is 13.1 Å². The van der Waals surface area contributed by atoms with Gasteiger partial charge in [0.25, 0.3) is 10.0 Å². The Morgan fingerprint density at radius 3 is 2.41 bits per heavy atom. The zero-order chi connectivity index (χ0) is 12.6. The summed E-state index contributed by atoms with van der Waals surface area (Å²) in [5.41, 5.74) is 0. The van der Waals surface area contributed by atoms with E-state index < -0.39 is 10.0 Å². The second-order valence-corrected chi connectivity index (χ2v) is 8.02. The number of nitrogens with zero attached hydrogens (tertiary/aromatic N) is 1. The number of halogens is 1. The van der Waals surface area contributed by atoms with E-state index in [0.717, 1.165) is 11.3 Å². The van der Waals surface area contributed by atoms with Crippen molar-refractivity contribution in [3.8, 4) is 0 Å².